The number of aromatic nitrogens is 1. The molecule has 1 aromatic carbocycles. The molecule has 1 N–H and O–H groups in total. The zero-order chi connectivity index (χ0) is 15.6. The lowest BCUT2D eigenvalue weighted by atomic mass is 9.85. The Labute approximate surface area is 129 Å². The zero-order valence-corrected chi connectivity index (χ0v) is 13.7. The summed E-state index contributed by atoms with van der Waals surface area (Å²) in [5.74, 6) is -0.490. The van der Waals surface area contributed by atoms with Crippen molar-refractivity contribution in [2.45, 2.75) is 39.5 Å². The van der Waals surface area contributed by atoms with Crippen molar-refractivity contribution < 1.29 is 9.90 Å². The van der Waals surface area contributed by atoms with E-state index in [0.29, 0.717) is 22.9 Å². The third kappa shape index (κ3) is 3.32. The standard InChI is InChI=1S/C17H21NO2S/c1-11(2)10-13-14(15(19)20)21-16(18-13)17(3,4)12-8-6-5-7-9-12/h5-9,11H,10H2,1-4H3,(H,19,20). The van der Waals surface area contributed by atoms with Crippen LogP contribution in [0.4, 0.5) is 0 Å². The number of hydrogen-bond acceptors (Lipinski definition) is 3. The minimum absolute atomic E-state index is 0.286. The van der Waals surface area contributed by atoms with Crippen molar-refractivity contribution in [3.8, 4) is 0 Å². The summed E-state index contributed by atoms with van der Waals surface area (Å²) in [4.78, 5) is 16.5. The van der Waals surface area contributed by atoms with E-state index < -0.39 is 5.97 Å². The summed E-state index contributed by atoms with van der Waals surface area (Å²) in [5.41, 5.74) is 1.57. The van der Waals surface area contributed by atoms with Crippen LogP contribution >= 0.6 is 11.3 Å². The molecule has 3 nitrogen and oxygen atoms in total. The molecule has 1 heterocycles. The van der Waals surface area contributed by atoms with Gasteiger partial charge in [-0.15, -0.1) is 11.3 Å². The molecule has 0 unspecified atom stereocenters. The van der Waals surface area contributed by atoms with Crippen molar-refractivity contribution in [1.29, 1.82) is 0 Å². The zero-order valence-electron chi connectivity index (χ0n) is 12.9. The van der Waals surface area contributed by atoms with Gasteiger partial charge >= 0.3 is 5.97 Å². The first kappa shape index (κ1) is 15.7. The molecule has 21 heavy (non-hydrogen) atoms. The Balaban J connectivity index is 2.47. The number of thiazole rings is 1. The van der Waals surface area contributed by atoms with Crippen LogP contribution in [0.5, 0.6) is 0 Å². The molecule has 0 fully saturated rings. The summed E-state index contributed by atoms with van der Waals surface area (Å²) in [7, 11) is 0. The topological polar surface area (TPSA) is 50.2 Å². The SMILES string of the molecule is CC(C)Cc1nc(C(C)(C)c2ccccc2)sc1C(=O)O. The van der Waals surface area contributed by atoms with Gasteiger partial charge in [-0.1, -0.05) is 44.2 Å². The second-order valence-electron chi connectivity index (χ2n) is 6.19. The van der Waals surface area contributed by atoms with Gasteiger partial charge in [0, 0.05) is 5.41 Å². The van der Waals surface area contributed by atoms with Crippen LogP contribution < -0.4 is 0 Å². The predicted octanol–water partition coefficient (Wildman–Crippen LogP) is 4.37. The monoisotopic (exact) mass is 303 g/mol. The van der Waals surface area contributed by atoms with E-state index in [4.69, 9.17) is 0 Å². The average molecular weight is 303 g/mol. The lowest BCUT2D eigenvalue weighted by molar-refractivity contribution is 0.0700. The second-order valence-corrected chi connectivity index (χ2v) is 7.19. The van der Waals surface area contributed by atoms with Crippen LogP contribution in [-0.2, 0) is 11.8 Å². The van der Waals surface area contributed by atoms with Crippen LogP contribution in [0.2, 0.25) is 0 Å². The molecule has 112 valence electrons. The molecule has 0 radical (unpaired) electrons. The van der Waals surface area contributed by atoms with Gasteiger partial charge in [0.15, 0.2) is 0 Å². The van der Waals surface area contributed by atoms with Crippen molar-refractivity contribution in [3.05, 3.63) is 51.5 Å². The third-order valence-electron chi connectivity index (χ3n) is 3.52. The Kier molecular flexibility index (Phi) is 4.47. The van der Waals surface area contributed by atoms with E-state index in [-0.39, 0.29) is 5.41 Å². The van der Waals surface area contributed by atoms with Crippen LogP contribution in [0.15, 0.2) is 30.3 Å². The lowest BCUT2D eigenvalue weighted by Gasteiger charge is -2.22. The maximum atomic E-state index is 11.5. The van der Waals surface area contributed by atoms with Crippen molar-refractivity contribution in [3.63, 3.8) is 0 Å². The highest BCUT2D eigenvalue weighted by Gasteiger charge is 2.30. The van der Waals surface area contributed by atoms with Gasteiger partial charge in [-0.05, 0) is 31.7 Å². The molecule has 0 aliphatic carbocycles. The van der Waals surface area contributed by atoms with Gasteiger partial charge in [0.1, 0.15) is 9.88 Å². The molecule has 0 aliphatic heterocycles. The molecule has 0 saturated heterocycles. The fourth-order valence-electron chi connectivity index (χ4n) is 2.29. The van der Waals surface area contributed by atoms with Gasteiger partial charge in [0.05, 0.1) is 5.69 Å². The quantitative estimate of drug-likeness (QED) is 0.892. The van der Waals surface area contributed by atoms with E-state index in [0.717, 1.165) is 10.6 Å². The summed E-state index contributed by atoms with van der Waals surface area (Å²) in [6.45, 7) is 8.33. The number of hydrogen-bond donors (Lipinski definition) is 1. The summed E-state index contributed by atoms with van der Waals surface area (Å²) >= 11 is 1.30. The number of benzene rings is 1. The number of carbonyl (C=O) groups is 1. The van der Waals surface area contributed by atoms with Gasteiger partial charge in [-0.25, -0.2) is 9.78 Å². The smallest absolute Gasteiger partial charge is 0.347 e. The molecule has 4 heteroatoms. The molecule has 2 rings (SSSR count). The highest BCUT2D eigenvalue weighted by atomic mass is 32.1. The molecule has 0 spiro atoms. The van der Waals surface area contributed by atoms with E-state index in [9.17, 15) is 9.90 Å². The van der Waals surface area contributed by atoms with Crippen molar-refractivity contribution in [2.24, 2.45) is 5.92 Å². The highest BCUT2D eigenvalue weighted by Crippen LogP contribution is 2.36. The van der Waals surface area contributed by atoms with Crippen LogP contribution in [-0.4, -0.2) is 16.1 Å². The van der Waals surface area contributed by atoms with Crippen LogP contribution in [0.3, 0.4) is 0 Å². The van der Waals surface area contributed by atoms with Crippen molar-refractivity contribution >= 4 is 17.3 Å². The second kappa shape index (κ2) is 5.98. The third-order valence-corrected chi connectivity index (χ3v) is 4.93. The minimum atomic E-state index is -0.877. The molecular weight excluding hydrogens is 282 g/mol. The lowest BCUT2D eigenvalue weighted by Crippen LogP contribution is -2.18. The summed E-state index contributed by atoms with van der Waals surface area (Å²) in [5, 5.41) is 10.3. The van der Waals surface area contributed by atoms with Crippen molar-refractivity contribution in [1.82, 2.24) is 4.98 Å². The minimum Gasteiger partial charge on any atom is -0.477 e. The summed E-state index contributed by atoms with van der Waals surface area (Å²) < 4.78 is 0. The fraction of sp³-hybridized carbons (Fsp3) is 0.412. The Morgan fingerprint density at radius 3 is 2.43 bits per heavy atom. The van der Waals surface area contributed by atoms with Gasteiger partial charge in [0.25, 0.3) is 0 Å². The Morgan fingerprint density at radius 2 is 1.90 bits per heavy atom. The Hall–Kier alpha value is -1.68. The predicted molar refractivity (Wildman–Crippen MR) is 86.2 cm³/mol. The number of aromatic carboxylic acids is 1. The normalized spacial score (nSPS) is 11.9. The van der Waals surface area contributed by atoms with E-state index in [1.165, 1.54) is 11.3 Å². The number of nitrogens with zero attached hydrogens (tertiary/aromatic N) is 1. The molecule has 2 aromatic rings. The van der Waals surface area contributed by atoms with Crippen LogP contribution in [0, 0.1) is 5.92 Å². The maximum Gasteiger partial charge on any atom is 0.347 e. The largest absolute Gasteiger partial charge is 0.477 e. The first-order valence-corrected chi connectivity index (χ1v) is 7.93. The number of carboxylic acids is 1. The van der Waals surface area contributed by atoms with Gasteiger partial charge in [-0.2, -0.15) is 0 Å². The Morgan fingerprint density at radius 1 is 1.29 bits per heavy atom. The molecular formula is C17H21NO2S. The van der Waals surface area contributed by atoms with E-state index in [2.05, 4.69) is 44.8 Å². The molecule has 0 bridgehead atoms. The molecule has 0 atom stereocenters. The summed E-state index contributed by atoms with van der Waals surface area (Å²) in [6, 6.07) is 10.1. The molecule has 0 amide bonds. The summed E-state index contributed by atoms with van der Waals surface area (Å²) in [6.07, 6.45) is 0.697. The van der Waals surface area contributed by atoms with Crippen molar-refractivity contribution in [2.75, 3.05) is 0 Å². The van der Waals surface area contributed by atoms with E-state index >= 15 is 0 Å². The van der Waals surface area contributed by atoms with Gasteiger partial charge in [0.2, 0.25) is 0 Å². The average Bonchev–Trinajstić information content (AvgIpc) is 2.83. The van der Waals surface area contributed by atoms with Gasteiger partial charge in [-0.3, -0.25) is 0 Å². The molecule has 0 saturated carbocycles. The first-order chi connectivity index (χ1) is 9.82. The van der Waals surface area contributed by atoms with Crippen LogP contribution in [0.25, 0.3) is 0 Å². The first-order valence-electron chi connectivity index (χ1n) is 7.11. The molecule has 1 aromatic heterocycles. The number of rotatable bonds is 5. The van der Waals surface area contributed by atoms with Crippen LogP contribution in [0.1, 0.15) is 53.6 Å². The fourth-order valence-corrected chi connectivity index (χ4v) is 3.35. The van der Waals surface area contributed by atoms with E-state index in [1.807, 2.05) is 18.2 Å². The highest BCUT2D eigenvalue weighted by molar-refractivity contribution is 7.13. The molecule has 0 aliphatic rings. The van der Waals surface area contributed by atoms with Gasteiger partial charge < -0.3 is 5.11 Å². The Bertz CT molecular complexity index is 629. The maximum absolute atomic E-state index is 11.5. The number of carboxylic acid groups (broad SMARTS) is 1. The van der Waals surface area contributed by atoms with E-state index in [1.54, 1.807) is 0 Å².